The van der Waals surface area contributed by atoms with Crippen LogP contribution in [0, 0.1) is 20.8 Å². The number of aromatic nitrogens is 2. The fourth-order valence-electron chi connectivity index (χ4n) is 3.14. The second kappa shape index (κ2) is 8.12. The number of imidazole rings is 1. The van der Waals surface area contributed by atoms with Gasteiger partial charge in [-0.3, -0.25) is 9.20 Å². The van der Waals surface area contributed by atoms with Crippen molar-refractivity contribution in [3.63, 3.8) is 0 Å². The van der Waals surface area contributed by atoms with E-state index in [1.807, 2.05) is 63.4 Å². The number of ether oxygens (including phenoxy) is 1. The number of anilines is 1. The Balaban J connectivity index is 1.60. The first kappa shape index (κ1) is 19.8. The molecule has 1 atom stereocenters. The van der Waals surface area contributed by atoms with Crippen LogP contribution in [-0.4, -0.2) is 21.3 Å². The van der Waals surface area contributed by atoms with Gasteiger partial charge in [0.05, 0.1) is 5.69 Å². The van der Waals surface area contributed by atoms with Crippen molar-refractivity contribution in [1.82, 2.24) is 9.38 Å². The first-order valence-electron chi connectivity index (χ1n) is 9.50. The molecule has 0 saturated carbocycles. The Kier molecular flexibility index (Phi) is 5.37. The molecular weight excluding hydrogens is 398 g/mol. The van der Waals surface area contributed by atoms with Crippen molar-refractivity contribution in [2.24, 2.45) is 0 Å². The van der Waals surface area contributed by atoms with Crippen LogP contribution < -0.4 is 5.32 Å². The molecule has 0 bridgehead atoms. The predicted molar refractivity (Wildman–Crippen MR) is 117 cm³/mol. The summed E-state index contributed by atoms with van der Waals surface area (Å²) in [5.41, 5.74) is 4.13. The van der Waals surface area contributed by atoms with Gasteiger partial charge in [0.15, 0.2) is 4.96 Å². The van der Waals surface area contributed by atoms with Crippen molar-refractivity contribution in [3.05, 3.63) is 88.2 Å². The second-order valence-corrected chi connectivity index (χ2v) is 8.18. The van der Waals surface area contributed by atoms with E-state index in [1.54, 1.807) is 22.7 Å². The molecule has 6 nitrogen and oxygen atoms in total. The summed E-state index contributed by atoms with van der Waals surface area (Å²) in [7, 11) is 0. The summed E-state index contributed by atoms with van der Waals surface area (Å²) in [5.74, 6) is -0.964. The molecule has 0 fully saturated rings. The molecule has 0 aliphatic carbocycles. The highest BCUT2D eigenvalue weighted by molar-refractivity contribution is 7.18. The molecular formula is C23H21N3O3S. The summed E-state index contributed by atoms with van der Waals surface area (Å²) < 4.78 is 7.46. The van der Waals surface area contributed by atoms with Crippen molar-refractivity contribution >= 4 is 33.9 Å². The molecule has 30 heavy (non-hydrogen) atoms. The zero-order valence-electron chi connectivity index (χ0n) is 16.9. The van der Waals surface area contributed by atoms with E-state index in [1.165, 1.54) is 11.3 Å². The molecule has 0 aliphatic rings. The van der Waals surface area contributed by atoms with Gasteiger partial charge in [-0.05, 0) is 38.0 Å². The van der Waals surface area contributed by atoms with Gasteiger partial charge in [-0.25, -0.2) is 9.78 Å². The van der Waals surface area contributed by atoms with Crippen LogP contribution in [0.4, 0.5) is 5.69 Å². The summed E-state index contributed by atoms with van der Waals surface area (Å²) in [4.78, 5) is 31.4. The number of nitrogens with zero attached hydrogens (tertiary/aromatic N) is 2. The molecule has 7 heteroatoms. The highest BCUT2D eigenvalue weighted by Gasteiger charge is 2.27. The number of thiazole rings is 1. The Morgan fingerprint density at radius 3 is 2.57 bits per heavy atom. The summed E-state index contributed by atoms with van der Waals surface area (Å²) in [6, 6.07) is 14.8. The minimum atomic E-state index is -1.07. The lowest BCUT2D eigenvalue weighted by atomic mass is 10.1. The van der Waals surface area contributed by atoms with E-state index in [4.69, 9.17) is 4.74 Å². The van der Waals surface area contributed by atoms with Crippen LogP contribution in [0.5, 0.6) is 0 Å². The van der Waals surface area contributed by atoms with Crippen LogP contribution in [0.3, 0.4) is 0 Å². The second-order valence-electron chi connectivity index (χ2n) is 7.17. The van der Waals surface area contributed by atoms with Crippen molar-refractivity contribution < 1.29 is 14.3 Å². The summed E-state index contributed by atoms with van der Waals surface area (Å²) in [6.45, 7) is 5.77. The Morgan fingerprint density at radius 1 is 1.07 bits per heavy atom. The van der Waals surface area contributed by atoms with E-state index in [2.05, 4.69) is 10.3 Å². The molecule has 1 N–H and O–H groups in total. The Hall–Kier alpha value is -3.45. The van der Waals surface area contributed by atoms with Gasteiger partial charge in [-0.1, -0.05) is 53.8 Å². The van der Waals surface area contributed by atoms with Crippen LogP contribution in [0.15, 0.2) is 60.9 Å². The maximum atomic E-state index is 13.1. The summed E-state index contributed by atoms with van der Waals surface area (Å²) in [5, 5.41) is 2.91. The maximum Gasteiger partial charge on any atom is 0.351 e. The van der Waals surface area contributed by atoms with Gasteiger partial charge < -0.3 is 10.1 Å². The fraction of sp³-hybridized carbons (Fsp3) is 0.174. The van der Waals surface area contributed by atoms with Crippen LogP contribution in [-0.2, 0) is 9.53 Å². The Bertz CT molecular complexity index is 1200. The number of rotatable bonds is 5. The smallest absolute Gasteiger partial charge is 0.351 e. The number of nitrogens with one attached hydrogen (secondary N) is 1. The third kappa shape index (κ3) is 4.11. The molecule has 4 rings (SSSR count). The van der Waals surface area contributed by atoms with E-state index in [9.17, 15) is 9.59 Å². The SMILES string of the molecule is Cc1ccc(C)c(NC(=O)[C@H](OC(=O)c2cn3cc(C)nc3s2)c2ccccc2)c1. The third-order valence-electron chi connectivity index (χ3n) is 4.69. The van der Waals surface area contributed by atoms with E-state index in [0.29, 0.717) is 21.1 Å². The zero-order valence-corrected chi connectivity index (χ0v) is 17.7. The van der Waals surface area contributed by atoms with Crippen molar-refractivity contribution in [2.45, 2.75) is 26.9 Å². The topological polar surface area (TPSA) is 72.7 Å². The number of carbonyl (C=O) groups excluding carboxylic acids is 2. The minimum Gasteiger partial charge on any atom is -0.443 e. The molecule has 4 aromatic rings. The van der Waals surface area contributed by atoms with E-state index in [0.717, 1.165) is 16.8 Å². The average molecular weight is 420 g/mol. The summed E-state index contributed by atoms with van der Waals surface area (Å²) >= 11 is 1.23. The van der Waals surface area contributed by atoms with Gasteiger partial charge in [0, 0.05) is 23.6 Å². The Morgan fingerprint density at radius 2 is 1.83 bits per heavy atom. The number of esters is 1. The largest absolute Gasteiger partial charge is 0.443 e. The van der Waals surface area contributed by atoms with Gasteiger partial charge in [0.25, 0.3) is 5.91 Å². The van der Waals surface area contributed by atoms with Crippen LogP contribution in [0.1, 0.15) is 38.2 Å². The zero-order chi connectivity index (χ0) is 21.3. The summed E-state index contributed by atoms with van der Waals surface area (Å²) in [6.07, 6.45) is 2.44. The normalized spacial score (nSPS) is 12.0. The van der Waals surface area contributed by atoms with Gasteiger partial charge >= 0.3 is 5.97 Å². The van der Waals surface area contributed by atoms with Crippen LogP contribution >= 0.6 is 11.3 Å². The Labute approximate surface area is 178 Å². The monoisotopic (exact) mass is 419 g/mol. The van der Waals surface area contributed by atoms with Crippen molar-refractivity contribution in [1.29, 1.82) is 0 Å². The number of aryl methyl sites for hydroxylation is 3. The molecule has 0 spiro atoms. The molecule has 1 amide bonds. The van der Waals surface area contributed by atoms with Gasteiger partial charge in [-0.2, -0.15) is 0 Å². The first-order chi connectivity index (χ1) is 14.4. The van der Waals surface area contributed by atoms with Gasteiger partial charge in [0.1, 0.15) is 4.88 Å². The lowest BCUT2D eigenvalue weighted by Crippen LogP contribution is -2.26. The van der Waals surface area contributed by atoms with Gasteiger partial charge in [0.2, 0.25) is 6.10 Å². The molecule has 2 aromatic heterocycles. The molecule has 152 valence electrons. The predicted octanol–water partition coefficient (Wildman–Crippen LogP) is 4.86. The van der Waals surface area contributed by atoms with Gasteiger partial charge in [-0.15, -0.1) is 0 Å². The highest BCUT2D eigenvalue weighted by Crippen LogP contribution is 2.26. The lowest BCUT2D eigenvalue weighted by Gasteiger charge is -2.18. The van der Waals surface area contributed by atoms with Crippen molar-refractivity contribution in [3.8, 4) is 0 Å². The number of carbonyl (C=O) groups is 2. The molecule has 0 radical (unpaired) electrons. The number of hydrogen-bond acceptors (Lipinski definition) is 5. The van der Waals surface area contributed by atoms with E-state index in [-0.39, 0.29) is 0 Å². The minimum absolute atomic E-state index is 0.387. The van der Waals surface area contributed by atoms with E-state index >= 15 is 0 Å². The molecule has 0 saturated heterocycles. The average Bonchev–Trinajstić information content (AvgIpc) is 3.27. The fourth-order valence-corrected chi connectivity index (χ4v) is 4.04. The highest BCUT2D eigenvalue weighted by atomic mass is 32.1. The standard InChI is InChI=1S/C23H21N3O3S/c1-14-9-10-15(2)18(11-14)25-21(27)20(17-7-5-4-6-8-17)29-22(28)19-13-26-12-16(3)24-23(26)30-19/h4-13,20H,1-3H3,(H,25,27)/t20-/m1/s1. The van der Waals surface area contributed by atoms with Crippen LogP contribution in [0.25, 0.3) is 4.96 Å². The molecule has 2 heterocycles. The lowest BCUT2D eigenvalue weighted by molar-refractivity contribution is -0.125. The first-order valence-corrected chi connectivity index (χ1v) is 10.3. The molecule has 2 aromatic carbocycles. The van der Waals surface area contributed by atoms with Crippen LogP contribution in [0.2, 0.25) is 0 Å². The third-order valence-corrected chi connectivity index (χ3v) is 5.67. The number of amides is 1. The molecule has 0 aliphatic heterocycles. The molecule has 0 unspecified atom stereocenters. The number of benzene rings is 2. The number of hydrogen-bond donors (Lipinski definition) is 1. The van der Waals surface area contributed by atoms with E-state index < -0.39 is 18.0 Å². The van der Waals surface area contributed by atoms with Crippen molar-refractivity contribution in [2.75, 3.05) is 5.32 Å². The quantitative estimate of drug-likeness (QED) is 0.469. The number of fused-ring (bicyclic) bond motifs is 1. The maximum absolute atomic E-state index is 13.1.